The number of hydrogen-bond donors (Lipinski definition) is 3. The number of carbonyl (C=O) groups excluding carboxylic acids is 1. The van der Waals surface area contributed by atoms with E-state index < -0.39 is 24.3 Å². The number of nitrogens with one attached hydrogen (secondary N) is 1. The lowest BCUT2D eigenvalue weighted by molar-refractivity contribution is -0.122. The number of nitrogens with zero attached hydrogens (tertiary/aromatic N) is 3. The van der Waals surface area contributed by atoms with Gasteiger partial charge in [0.25, 0.3) is 0 Å². The van der Waals surface area contributed by atoms with E-state index in [1.807, 2.05) is 0 Å². The van der Waals surface area contributed by atoms with E-state index in [1.165, 1.54) is 4.40 Å². The molecule has 0 aliphatic rings. The summed E-state index contributed by atoms with van der Waals surface area (Å²) < 4.78 is 2.37. The molecule has 0 saturated heterocycles. The highest BCUT2D eigenvalue weighted by molar-refractivity contribution is 5.75. The van der Waals surface area contributed by atoms with Crippen LogP contribution in [-0.2, 0) is 11.3 Å². The number of pyridine rings is 1. The fourth-order valence-electron chi connectivity index (χ4n) is 1.56. The van der Waals surface area contributed by atoms with Gasteiger partial charge in [0.2, 0.25) is 5.91 Å². The maximum Gasteiger partial charge on any atom is 0.350 e. The SMILES string of the molecule is O=C(Cn1nc2ccccn2c1=O)NCC(O)CO. The molecule has 1 amide bonds. The van der Waals surface area contributed by atoms with Crippen LogP contribution in [0.4, 0.5) is 0 Å². The first-order valence-corrected chi connectivity index (χ1v) is 5.71. The van der Waals surface area contributed by atoms with Crippen molar-refractivity contribution < 1.29 is 15.0 Å². The first kappa shape index (κ1) is 13.2. The van der Waals surface area contributed by atoms with Crippen LogP contribution in [-0.4, -0.2) is 49.6 Å². The molecular formula is C11H14N4O4. The Kier molecular flexibility index (Phi) is 3.93. The number of amides is 1. The summed E-state index contributed by atoms with van der Waals surface area (Å²) in [4.78, 5) is 23.4. The van der Waals surface area contributed by atoms with Crippen molar-refractivity contribution in [2.75, 3.05) is 13.2 Å². The molecule has 8 nitrogen and oxygen atoms in total. The Morgan fingerprint density at radius 3 is 2.95 bits per heavy atom. The second-order valence-corrected chi connectivity index (χ2v) is 4.01. The van der Waals surface area contributed by atoms with Crippen LogP contribution in [0.3, 0.4) is 0 Å². The Balaban J connectivity index is 2.07. The number of aliphatic hydroxyl groups is 2. The maximum atomic E-state index is 11.9. The van der Waals surface area contributed by atoms with E-state index in [-0.39, 0.29) is 13.1 Å². The number of rotatable bonds is 5. The third-order valence-corrected chi connectivity index (χ3v) is 2.53. The molecule has 8 heteroatoms. The third kappa shape index (κ3) is 2.98. The molecule has 0 bridgehead atoms. The highest BCUT2D eigenvalue weighted by Crippen LogP contribution is 1.94. The van der Waals surface area contributed by atoms with Crippen molar-refractivity contribution in [3.63, 3.8) is 0 Å². The monoisotopic (exact) mass is 266 g/mol. The van der Waals surface area contributed by atoms with Crippen molar-refractivity contribution in [3.8, 4) is 0 Å². The smallest absolute Gasteiger partial charge is 0.350 e. The van der Waals surface area contributed by atoms with Gasteiger partial charge in [-0.1, -0.05) is 6.07 Å². The van der Waals surface area contributed by atoms with Gasteiger partial charge in [-0.2, -0.15) is 0 Å². The van der Waals surface area contributed by atoms with Gasteiger partial charge in [-0.15, -0.1) is 5.10 Å². The quantitative estimate of drug-likeness (QED) is 0.578. The number of hydrogen-bond acceptors (Lipinski definition) is 5. The lowest BCUT2D eigenvalue weighted by atomic mass is 10.4. The molecule has 0 spiro atoms. The van der Waals surface area contributed by atoms with Crippen molar-refractivity contribution in [2.45, 2.75) is 12.6 Å². The van der Waals surface area contributed by atoms with Crippen LogP contribution in [0.15, 0.2) is 29.2 Å². The highest BCUT2D eigenvalue weighted by atomic mass is 16.3. The predicted molar refractivity (Wildman–Crippen MR) is 65.6 cm³/mol. The predicted octanol–water partition coefficient (Wildman–Crippen LogP) is -2.03. The lowest BCUT2D eigenvalue weighted by Gasteiger charge is -2.08. The molecule has 2 rings (SSSR count). The van der Waals surface area contributed by atoms with Crippen molar-refractivity contribution >= 4 is 11.6 Å². The van der Waals surface area contributed by atoms with E-state index in [4.69, 9.17) is 10.2 Å². The van der Waals surface area contributed by atoms with Crippen LogP contribution in [0.25, 0.3) is 5.65 Å². The summed E-state index contributed by atoms with van der Waals surface area (Å²) in [5.74, 6) is -0.460. The average Bonchev–Trinajstić information content (AvgIpc) is 2.73. The van der Waals surface area contributed by atoms with Gasteiger partial charge in [0, 0.05) is 12.7 Å². The van der Waals surface area contributed by atoms with Gasteiger partial charge in [0.05, 0.1) is 12.7 Å². The summed E-state index contributed by atoms with van der Waals surface area (Å²) in [7, 11) is 0. The Hall–Kier alpha value is -2.19. The Morgan fingerprint density at radius 1 is 1.47 bits per heavy atom. The molecular weight excluding hydrogens is 252 g/mol. The fraction of sp³-hybridized carbons (Fsp3) is 0.364. The van der Waals surface area contributed by atoms with Gasteiger partial charge in [-0.3, -0.25) is 9.20 Å². The molecule has 0 fully saturated rings. The zero-order chi connectivity index (χ0) is 13.8. The van der Waals surface area contributed by atoms with Crippen molar-refractivity contribution in [1.82, 2.24) is 19.5 Å². The van der Waals surface area contributed by atoms with Crippen molar-refractivity contribution in [1.29, 1.82) is 0 Å². The zero-order valence-electron chi connectivity index (χ0n) is 10.1. The molecule has 3 N–H and O–H groups in total. The third-order valence-electron chi connectivity index (χ3n) is 2.53. The molecule has 2 aromatic heterocycles. The highest BCUT2D eigenvalue weighted by Gasteiger charge is 2.11. The fourth-order valence-corrected chi connectivity index (χ4v) is 1.56. The largest absolute Gasteiger partial charge is 0.394 e. The first-order chi connectivity index (χ1) is 9.11. The molecule has 102 valence electrons. The Bertz CT molecular complexity index is 633. The number of aromatic nitrogens is 3. The molecule has 0 radical (unpaired) electrons. The van der Waals surface area contributed by atoms with Gasteiger partial charge in [-0.05, 0) is 12.1 Å². The van der Waals surface area contributed by atoms with Crippen LogP contribution in [0.5, 0.6) is 0 Å². The topological polar surface area (TPSA) is 109 Å². The van der Waals surface area contributed by atoms with Crippen LogP contribution in [0, 0.1) is 0 Å². The average molecular weight is 266 g/mol. The minimum absolute atomic E-state index is 0.0720. The van der Waals surface area contributed by atoms with Crippen LogP contribution in [0.2, 0.25) is 0 Å². The maximum absolute atomic E-state index is 11.9. The van der Waals surface area contributed by atoms with Gasteiger partial charge in [0.1, 0.15) is 6.54 Å². The van der Waals surface area contributed by atoms with Crippen LogP contribution >= 0.6 is 0 Å². The molecule has 0 saturated carbocycles. The summed E-state index contributed by atoms with van der Waals surface area (Å²) >= 11 is 0. The zero-order valence-corrected chi connectivity index (χ0v) is 10.1. The normalized spacial score (nSPS) is 12.5. The van der Waals surface area contributed by atoms with E-state index in [0.717, 1.165) is 4.68 Å². The molecule has 2 aromatic rings. The van der Waals surface area contributed by atoms with Gasteiger partial charge in [0.15, 0.2) is 5.65 Å². The second-order valence-electron chi connectivity index (χ2n) is 4.01. The van der Waals surface area contributed by atoms with Crippen LogP contribution < -0.4 is 11.0 Å². The van der Waals surface area contributed by atoms with Gasteiger partial charge in [-0.25, -0.2) is 9.48 Å². The van der Waals surface area contributed by atoms with Crippen molar-refractivity contribution in [3.05, 3.63) is 34.9 Å². The molecule has 19 heavy (non-hydrogen) atoms. The summed E-state index contributed by atoms with van der Waals surface area (Å²) in [5.41, 5.74) is 0.0455. The second kappa shape index (κ2) is 5.63. The lowest BCUT2D eigenvalue weighted by Crippen LogP contribution is -2.37. The minimum atomic E-state index is -1.01. The molecule has 2 heterocycles. The Labute approximate surface area is 107 Å². The van der Waals surface area contributed by atoms with Gasteiger partial charge >= 0.3 is 5.69 Å². The van der Waals surface area contributed by atoms with Gasteiger partial charge < -0.3 is 15.5 Å². The summed E-state index contributed by atoms with van der Waals surface area (Å²) in [6.07, 6.45) is 0.552. The summed E-state index contributed by atoms with van der Waals surface area (Å²) in [5, 5.41) is 24.1. The van der Waals surface area contributed by atoms with E-state index in [1.54, 1.807) is 24.4 Å². The number of carbonyl (C=O) groups is 1. The first-order valence-electron chi connectivity index (χ1n) is 5.71. The van der Waals surface area contributed by atoms with E-state index in [9.17, 15) is 9.59 Å². The van der Waals surface area contributed by atoms with Crippen LogP contribution in [0.1, 0.15) is 0 Å². The molecule has 1 atom stereocenters. The molecule has 0 aromatic carbocycles. The van der Waals surface area contributed by atoms with E-state index in [2.05, 4.69) is 10.4 Å². The molecule has 1 unspecified atom stereocenters. The summed E-state index contributed by atoms with van der Waals surface area (Å²) in [6, 6.07) is 5.09. The summed E-state index contributed by atoms with van der Waals surface area (Å²) in [6.45, 7) is -0.745. The standard InChI is InChI=1S/C11H14N4O4/c16-7-8(17)5-12-10(18)6-15-11(19)14-4-2-1-3-9(14)13-15/h1-4,8,16-17H,5-7H2,(H,12,18). The molecule has 0 aliphatic carbocycles. The number of fused-ring (bicyclic) bond motifs is 1. The number of aliphatic hydroxyl groups excluding tert-OH is 2. The van der Waals surface area contributed by atoms with E-state index >= 15 is 0 Å². The minimum Gasteiger partial charge on any atom is -0.394 e. The van der Waals surface area contributed by atoms with Crippen molar-refractivity contribution in [2.24, 2.45) is 0 Å². The molecule has 0 aliphatic heterocycles. The van der Waals surface area contributed by atoms with E-state index in [0.29, 0.717) is 5.65 Å². The Morgan fingerprint density at radius 2 is 2.26 bits per heavy atom.